The predicted octanol–water partition coefficient (Wildman–Crippen LogP) is 7.70. The number of rotatable bonds is 3. The fourth-order valence-corrected chi connectivity index (χ4v) is 8.13. The SMILES string of the molecule is C[Si]1(C)c2c[c-]c(-c3ccccn3)cc2N(c2ccccc2)c2ccccc21.[Ir].[c-]1ccccc1-c1ccccn1. The van der Waals surface area contributed by atoms with Crippen molar-refractivity contribution >= 4 is 35.5 Å². The second kappa shape index (κ2) is 12.6. The quantitative estimate of drug-likeness (QED) is 0.139. The molecule has 0 saturated carbocycles. The maximum absolute atomic E-state index is 4.54. The first-order valence-corrected chi connectivity index (χ1v) is 16.4. The predicted molar refractivity (Wildman–Crippen MR) is 168 cm³/mol. The molecule has 41 heavy (non-hydrogen) atoms. The maximum atomic E-state index is 4.54. The topological polar surface area (TPSA) is 29.0 Å². The maximum Gasteiger partial charge on any atom is 0.0711 e. The Labute approximate surface area is 257 Å². The Kier molecular flexibility index (Phi) is 8.70. The van der Waals surface area contributed by atoms with Gasteiger partial charge in [0.1, 0.15) is 0 Å². The van der Waals surface area contributed by atoms with Crippen LogP contribution in [0.1, 0.15) is 0 Å². The summed E-state index contributed by atoms with van der Waals surface area (Å²) in [5.41, 5.74) is 7.72. The van der Waals surface area contributed by atoms with Crippen LogP contribution in [0.5, 0.6) is 0 Å². The summed E-state index contributed by atoms with van der Waals surface area (Å²) in [6.45, 7) is 4.86. The molecule has 0 saturated heterocycles. The van der Waals surface area contributed by atoms with E-state index in [1.165, 1.54) is 27.4 Å². The van der Waals surface area contributed by atoms with Crippen molar-refractivity contribution in [3.8, 4) is 22.5 Å². The van der Waals surface area contributed by atoms with E-state index in [1.807, 2.05) is 66.9 Å². The summed E-state index contributed by atoms with van der Waals surface area (Å²) in [5, 5.41) is 2.88. The van der Waals surface area contributed by atoms with Crippen LogP contribution in [0.25, 0.3) is 22.5 Å². The Hall–Kier alpha value is -4.15. The zero-order valence-electron chi connectivity index (χ0n) is 23.0. The molecule has 3 heterocycles. The summed E-state index contributed by atoms with van der Waals surface area (Å²) in [6, 6.07) is 50.3. The first-order valence-electron chi connectivity index (χ1n) is 13.4. The fraction of sp³-hybridized carbons (Fsp3) is 0.0556. The molecule has 1 radical (unpaired) electrons. The molecule has 3 nitrogen and oxygen atoms in total. The first-order chi connectivity index (χ1) is 19.6. The van der Waals surface area contributed by atoms with Crippen molar-refractivity contribution in [2.75, 3.05) is 4.90 Å². The largest absolute Gasteiger partial charge is 0.328 e. The third-order valence-electron chi connectivity index (χ3n) is 7.27. The van der Waals surface area contributed by atoms with Crippen molar-refractivity contribution in [1.82, 2.24) is 9.97 Å². The second-order valence-electron chi connectivity index (χ2n) is 10.2. The summed E-state index contributed by atoms with van der Waals surface area (Å²) in [4.78, 5) is 11.1. The minimum Gasteiger partial charge on any atom is -0.328 e. The zero-order valence-corrected chi connectivity index (χ0v) is 26.3. The van der Waals surface area contributed by atoms with Gasteiger partial charge in [-0.3, -0.25) is 0 Å². The van der Waals surface area contributed by atoms with Crippen molar-refractivity contribution < 1.29 is 20.1 Å². The van der Waals surface area contributed by atoms with Crippen LogP contribution in [-0.2, 0) is 20.1 Å². The molecule has 0 fully saturated rings. The molecule has 1 aliphatic heterocycles. The molecular weight excluding hydrogens is 695 g/mol. The van der Waals surface area contributed by atoms with Crippen LogP contribution >= 0.6 is 0 Å². The van der Waals surface area contributed by atoms with Gasteiger partial charge >= 0.3 is 0 Å². The molecule has 203 valence electrons. The molecular formula is C36H29IrN3Si-2. The molecule has 0 N–H and O–H groups in total. The van der Waals surface area contributed by atoms with E-state index >= 15 is 0 Å². The van der Waals surface area contributed by atoms with Gasteiger partial charge < -0.3 is 14.9 Å². The van der Waals surface area contributed by atoms with Crippen LogP contribution in [-0.4, -0.2) is 18.0 Å². The summed E-state index contributed by atoms with van der Waals surface area (Å²) in [7, 11) is -1.82. The number of para-hydroxylation sites is 2. The summed E-state index contributed by atoms with van der Waals surface area (Å²) in [5.74, 6) is 0. The van der Waals surface area contributed by atoms with Gasteiger partial charge in [-0.2, -0.15) is 0 Å². The number of pyridine rings is 2. The molecule has 1 aliphatic rings. The van der Waals surface area contributed by atoms with E-state index in [-0.39, 0.29) is 20.1 Å². The standard InChI is InChI=1S/C25H21N2Si.C11H8N.Ir/c1-28(2)24-14-7-6-13-22(24)27(20-10-4-3-5-11-20)23-18-19(15-16-25(23)28)21-12-8-9-17-26-21;1-2-6-10(7-3-1)11-8-4-5-9-12-11;/h3-14,16-18H,1-2H3;1-6,8-9H;/q2*-1;. The molecule has 0 atom stereocenters. The summed E-state index contributed by atoms with van der Waals surface area (Å²) >= 11 is 0. The first kappa shape index (κ1) is 28.4. The van der Waals surface area contributed by atoms with E-state index < -0.39 is 8.07 Å². The molecule has 7 rings (SSSR count). The number of fused-ring (bicyclic) bond motifs is 2. The third kappa shape index (κ3) is 5.84. The van der Waals surface area contributed by atoms with Crippen LogP contribution in [0.3, 0.4) is 0 Å². The molecule has 4 aromatic carbocycles. The molecule has 0 spiro atoms. The van der Waals surface area contributed by atoms with Crippen molar-refractivity contribution in [1.29, 1.82) is 0 Å². The Morgan fingerprint density at radius 3 is 1.88 bits per heavy atom. The van der Waals surface area contributed by atoms with E-state index in [0.717, 1.165) is 22.5 Å². The molecule has 5 heteroatoms. The van der Waals surface area contributed by atoms with Crippen LogP contribution in [0.15, 0.2) is 140 Å². The molecule has 0 aliphatic carbocycles. The van der Waals surface area contributed by atoms with Crippen LogP contribution in [0, 0.1) is 12.1 Å². The average molecular weight is 724 g/mol. The number of aromatic nitrogens is 2. The second-order valence-corrected chi connectivity index (χ2v) is 14.5. The third-order valence-corrected chi connectivity index (χ3v) is 10.8. The van der Waals surface area contributed by atoms with Gasteiger partial charge in [0.15, 0.2) is 0 Å². The molecule has 2 aromatic heterocycles. The van der Waals surface area contributed by atoms with E-state index in [1.54, 1.807) is 6.20 Å². The Bertz CT molecular complexity index is 1670. The molecule has 0 bridgehead atoms. The molecule has 0 unspecified atom stereocenters. The fourth-order valence-electron chi connectivity index (χ4n) is 5.24. The van der Waals surface area contributed by atoms with E-state index in [2.05, 4.69) is 107 Å². The number of nitrogens with zero attached hydrogens (tertiary/aromatic N) is 3. The normalized spacial score (nSPS) is 12.6. The van der Waals surface area contributed by atoms with Gasteiger partial charge in [0.2, 0.25) is 0 Å². The number of anilines is 3. The van der Waals surface area contributed by atoms with Crippen molar-refractivity contribution in [3.05, 3.63) is 152 Å². The van der Waals surface area contributed by atoms with Crippen LogP contribution in [0.2, 0.25) is 13.1 Å². The number of hydrogen-bond acceptors (Lipinski definition) is 3. The molecule has 0 amide bonds. The summed E-state index contributed by atoms with van der Waals surface area (Å²) < 4.78 is 0. The van der Waals surface area contributed by atoms with Crippen molar-refractivity contribution in [2.24, 2.45) is 0 Å². The van der Waals surface area contributed by atoms with E-state index in [9.17, 15) is 0 Å². The van der Waals surface area contributed by atoms with Gasteiger partial charge in [-0.25, -0.2) is 0 Å². The van der Waals surface area contributed by atoms with Gasteiger partial charge in [0.05, 0.1) is 8.07 Å². The van der Waals surface area contributed by atoms with Crippen molar-refractivity contribution in [3.63, 3.8) is 0 Å². The number of hydrogen-bond donors (Lipinski definition) is 0. The minimum absolute atomic E-state index is 0. The van der Waals surface area contributed by atoms with Crippen LogP contribution in [0.4, 0.5) is 17.1 Å². The smallest absolute Gasteiger partial charge is 0.0711 e. The zero-order chi connectivity index (χ0) is 27.4. The average Bonchev–Trinajstić information content (AvgIpc) is 3.03. The van der Waals surface area contributed by atoms with Gasteiger partial charge in [0.25, 0.3) is 0 Å². The minimum atomic E-state index is -1.82. The number of benzene rings is 4. The summed E-state index contributed by atoms with van der Waals surface area (Å²) in [6.07, 6.45) is 3.63. The van der Waals surface area contributed by atoms with E-state index in [0.29, 0.717) is 0 Å². The Morgan fingerprint density at radius 1 is 0.585 bits per heavy atom. The van der Waals surface area contributed by atoms with E-state index in [4.69, 9.17) is 0 Å². The van der Waals surface area contributed by atoms with Crippen LogP contribution < -0.4 is 15.3 Å². The Balaban J connectivity index is 0.000000218. The molecule has 6 aromatic rings. The monoisotopic (exact) mass is 724 g/mol. The van der Waals surface area contributed by atoms with Gasteiger partial charge in [-0.15, -0.1) is 64.8 Å². The Morgan fingerprint density at radius 2 is 1.22 bits per heavy atom. The van der Waals surface area contributed by atoms with Gasteiger partial charge in [-0.05, 0) is 52.6 Å². The van der Waals surface area contributed by atoms with Gasteiger partial charge in [-0.1, -0.05) is 73.8 Å². The van der Waals surface area contributed by atoms with Crippen molar-refractivity contribution in [2.45, 2.75) is 13.1 Å². The van der Waals surface area contributed by atoms with Gasteiger partial charge in [0, 0.05) is 43.9 Å².